The molecule has 3 aromatic rings. The summed E-state index contributed by atoms with van der Waals surface area (Å²) < 4.78 is 34.3. The van der Waals surface area contributed by atoms with Crippen molar-refractivity contribution in [1.82, 2.24) is 9.62 Å². The normalized spacial score (nSPS) is 17.6. The van der Waals surface area contributed by atoms with Crippen LogP contribution >= 0.6 is 0 Å². The Morgan fingerprint density at radius 2 is 1.81 bits per heavy atom. The van der Waals surface area contributed by atoms with Gasteiger partial charge in [0.05, 0.1) is 11.5 Å². The van der Waals surface area contributed by atoms with Gasteiger partial charge in [0.1, 0.15) is 12.4 Å². The van der Waals surface area contributed by atoms with Crippen molar-refractivity contribution in [2.45, 2.75) is 30.3 Å². The molecule has 0 spiro atoms. The van der Waals surface area contributed by atoms with Gasteiger partial charge in [-0.25, -0.2) is 13.1 Å². The first kappa shape index (κ1) is 21.8. The first-order valence-electron chi connectivity index (χ1n) is 10.6. The molecule has 2 N–H and O–H groups in total. The smallest absolute Gasteiger partial charge is 0.240 e. The second kappa shape index (κ2) is 9.78. The second-order valence-electron chi connectivity index (χ2n) is 7.92. The Morgan fingerprint density at radius 1 is 1.03 bits per heavy atom. The van der Waals surface area contributed by atoms with Crippen molar-refractivity contribution >= 4 is 20.8 Å². The number of nitrogens with zero attached hydrogens (tertiary/aromatic N) is 1. The molecule has 1 aliphatic rings. The number of rotatable bonds is 8. The van der Waals surface area contributed by atoms with E-state index in [0.717, 1.165) is 48.0 Å². The van der Waals surface area contributed by atoms with Crippen LogP contribution in [0.25, 0.3) is 10.8 Å². The minimum atomic E-state index is -3.58. The van der Waals surface area contributed by atoms with Gasteiger partial charge in [-0.2, -0.15) is 0 Å². The summed E-state index contributed by atoms with van der Waals surface area (Å²) in [5, 5.41) is 10.8. The number of aliphatic hydroxyl groups is 1. The van der Waals surface area contributed by atoms with Gasteiger partial charge in [-0.15, -0.1) is 0 Å². The fourth-order valence-electron chi connectivity index (χ4n) is 4.03. The molecule has 0 unspecified atom stereocenters. The Morgan fingerprint density at radius 3 is 2.58 bits per heavy atom. The highest BCUT2D eigenvalue weighted by atomic mass is 32.2. The summed E-state index contributed by atoms with van der Waals surface area (Å²) in [5.74, 6) is 0.734. The monoisotopic (exact) mass is 440 g/mol. The van der Waals surface area contributed by atoms with E-state index in [4.69, 9.17) is 9.84 Å². The SMILES string of the molecule is O=S(=O)(N[C@@H]1CCCN(Cc2ccc(OCCO)cc2)C1)c1ccc2ccccc2c1. The zero-order valence-electron chi connectivity index (χ0n) is 17.4. The van der Waals surface area contributed by atoms with Gasteiger partial charge in [-0.1, -0.05) is 42.5 Å². The van der Waals surface area contributed by atoms with E-state index in [1.807, 2.05) is 54.6 Å². The summed E-state index contributed by atoms with van der Waals surface area (Å²) in [4.78, 5) is 2.59. The van der Waals surface area contributed by atoms with Crippen LogP contribution in [0.15, 0.2) is 71.6 Å². The van der Waals surface area contributed by atoms with Crippen molar-refractivity contribution in [2.24, 2.45) is 0 Å². The van der Waals surface area contributed by atoms with E-state index in [9.17, 15) is 8.42 Å². The number of hydrogen-bond acceptors (Lipinski definition) is 5. The molecule has 3 aromatic carbocycles. The molecule has 0 saturated carbocycles. The Bertz CT molecular complexity index is 1120. The van der Waals surface area contributed by atoms with Gasteiger partial charge in [-0.3, -0.25) is 4.90 Å². The van der Waals surface area contributed by atoms with Gasteiger partial charge < -0.3 is 9.84 Å². The lowest BCUT2D eigenvalue weighted by Gasteiger charge is -2.33. The Hall–Kier alpha value is -2.45. The Balaban J connectivity index is 1.38. The van der Waals surface area contributed by atoms with E-state index >= 15 is 0 Å². The minimum absolute atomic E-state index is 0.00791. The number of nitrogens with one attached hydrogen (secondary N) is 1. The summed E-state index contributed by atoms with van der Waals surface area (Å²) >= 11 is 0. The van der Waals surface area contributed by atoms with E-state index in [1.54, 1.807) is 12.1 Å². The number of sulfonamides is 1. The van der Waals surface area contributed by atoms with Crippen molar-refractivity contribution in [3.63, 3.8) is 0 Å². The summed E-state index contributed by atoms with van der Waals surface area (Å²) in [6.07, 6.45) is 1.78. The summed E-state index contributed by atoms with van der Waals surface area (Å²) in [6.45, 7) is 2.65. The fraction of sp³-hybridized carbons (Fsp3) is 0.333. The van der Waals surface area contributed by atoms with Gasteiger partial charge in [0, 0.05) is 19.1 Å². The number of aliphatic hydroxyl groups excluding tert-OH is 1. The van der Waals surface area contributed by atoms with E-state index in [0.29, 0.717) is 11.4 Å². The molecule has 0 bridgehead atoms. The summed E-state index contributed by atoms with van der Waals surface area (Å²) in [5.41, 5.74) is 1.15. The van der Waals surface area contributed by atoms with E-state index < -0.39 is 10.0 Å². The lowest BCUT2D eigenvalue weighted by atomic mass is 10.1. The van der Waals surface area contributed by atoms with Crippen molar-refractivity contribution in [1.29, 1.82) is 0 Å². The predicted molar refractivity (Wildman–Crippen MR) is 122 cm³/mol. The predicted octanol–water partition coefficient (Wildman–Crippen LogP) is 3.15. The highest BCUT2D eigenvalue weighted by Crippen LogP contribution is 2.21. The van der Waals surface area contributed by atoms with Gasteiger partial charge >= 0.3 is 0 Å². The van der Waals surface area contributed by atoms with Crippen LogP contribution in [0.5, 0.6) is 5.75 Å². The number of piperidine rings is 1. The summed E-state index contributed by atoms with van der Waals surface area (Å²) in [6, 6.07) is 20.7. The lowest BCUT2D eigenvalue weighted by molar-refractivity contribution is 0.194. The van der Waals surface area contributed by atoms with Crippen LogP contribution in [-0.2, 0) is 16.6 Å². The van der Waals surface area contributed by atoms with Crippen molar-refractivity contribution in [2.75, 3.05) is 26.3 Å². The number of hydrogen-bond donors (Lipinski definition) is 2. The van der Waals surface area contributed by atoms with Crippen LogP contribution in [-0.4, -0.2) is 50.8 Å². The quantitative estimate of drug-likeness (QED) is 0.563. The van der Waals surface area contributed by atoms with E-state index in [2.05, 4.69) is 9.62 Å². The maximum Gasteiger partial charge on any atom is 0.240 e. The molecule has 0 amide bonds. The second-order valence-corrected chi connectivity index (χ2v) is 9.63. The van der Waals surface area contributed by atoms with Gasteiger partial charge in [0.15, 0.2) is 0 Å². The molecule has 6 nitrogen and oxygen atoms in total. The maximum atomic E-state index is 13.0. The van der Waals surface area contributed by atoms with Crippen LogP contribution in [0.3, 0.4) is 0 Å². The average molecular weight is 441 g/mol. The van der Waals surface area contributed by atoms with Crippen LogP contribution in [0.4, 0.5) is 0 Å². The topological polar surface area (TPSA) is 78.9 Å². The van der Waals surface area contributed by atoms with Gasteiger partial charge in [0.25, 0.3) is 0 Å². The molecule has 1 fully saturated rings. The van der Waals surface area contributed by atoms with Crippen LogP contribution in [0, 0.1) is 0 Å². The molecular formula is C24H28N2O4S. The summed E-state index contributed by atoms with van der Waals surface area (Å²) in [7, 11) is -3.58. The highest BCUT2D eigenvalue weighted by Gasteiger charge is 2.25. The standard InChI is InChI=1S/C24H28N2O4S/c27-14-15-30-23-10-7-19(8-11-23)17-26-13-3-6-22(18-26)25-31(28,29)24-12-9-20-4-1-2-5-21(20)16-24/h1-2,4-5,7-12,16,22,25,27H,3,6,13-15,17-18H2/t22-/m1/s1. The molecule has 1 saturated heterocycles. The molecule has 164 valence electrons. The fourth-order valence-corrected chi connectivity index (χ4v) is 5.33. The molecule has 1 atom stereocenters. The minimum Gasteiger partial charge on any atom is -0.491 e. The molecule has 0 radical (unpaired) electrons. The largest absolute Gasteiger partial charge is 0.491 e. The Labute approximate surface area is 183 Å². The molecular weight excluding hydrogens is 412 g/mol. The zero-order valence-corrected chi connectivity index (χ0v) is 18.2. The lowest BCUT2D eigenvalue weighted by Crippen LogP contribution is -2.47. The van der Waals surface area contributed by atoms with Gasteiger partial charge in [0.2, 0.25) is 10.0 Å². The third-order valence-electron chi connectivity index (χ3n) is 5.55. The molecule has 4 rings (SSSR count). The molecule has 1 heterocycles. The number of fused-ring (bicyclic) bond motifs is 1. The van der Waals surface area contributed by atoms with Crippen molar-refractivity contribution in [3.8, 4) is 5.75 Å². The molecule has 31 heavy (non-hydrogen) atoms. The first-order valence-corrected chi connectivity index (χ1v) is 12.1. The molecule has 7 heteroatoms. The molecule has 0 aromatic heterocycles. The van der Waals surface area contributed by atoms with Crippen LogP contribution in [0.2, 0.25) is 0 Å². The van der Waals surface area contributed by atoms with Crippen molar-refractivity contribution in [3.05, 3.63) is 72.3 Å². The molecule has 0 aliphatic carbocycles. The number of ether oxygens (including phenoxy) is 1. The van der Waals surface area contributed by atoms with Crippen molar-refractivity contribution < 1.29 is 18.3 Å². The van der Waals surface area contributed by atoms with Gasteiger partial charge in [-0.05, 0) is 60.0 Å². The maximum absolute atomic E-state index is 13.0. The first-order chi connectivity index (χ1) is 15.0. The van der Waals surface area contributed by atoms with E-state index in [1.165, 1.54) is 0 Å². The number of likely N-dealkylation sites (tertiary alicyclic amines) is 1. The van der Waals surface area contributed by atoms with Crippen LogP contribution < -0.4 is 9.46 Å². The zero-order chi connectivity index (χ0) is 21.7. The molecule has 1 aliphatic heterocycles. The van der Waals surface area contributed by atoms with E-state index in [-0.39, 0.29) is 19.3 Å². The third-order valence-corrected chi connectivity index (χ3v) is 7.07. The van der Waals surface area contributed by atoms with Crippen LogP contribution in [0.1, 0.15) is 18.4 Å². The highest BCUT2D eigenvalue weighted by molar-refractivity contribution is 7.89. The third kappa shape index (κ3) is 5.62. The number of benzene rings is 3. The average Bonchev–Trinajstić information content (AvgIpc) is 2.78. The Kier molecular flexibility index (Phi) is 6.87.